The Hall–Kier alpha value is -0.330. The Kier molecular flexibility index (Phi) is 1.38. The van der Waals surface area contributed by atoms with Gasteiger partial charge >= 0.3 is 0 Å². The average Bonchev–Trinajstić information content (AvgIpc) is 2.44. The van der Waals surface area contributed by atoms with E-state index < -0.39 is 0 Å². The smallest absolute Gasteiger partial charge is 0.126 e. The van der Waals surface area contributed by atoms with E-state index in [1.165, 1.54) is 0 Å². The van der Waals surface area contributed by atoms with Crippen LogP contribution in [0.2, 0.25) is 0 Å². The first-order valence-electron chi connectivity index (χ1n) is 3.56. The van der Waals surface area contributed by atoms with Gasteiger partial charge in [-0.1, -0.05) is 20.8 Å². The van der Waals surface area contributed by atoms with Crippen LogP contribution < -0.4 is 0 Å². The summed E-state index contributed by atoms with van der Waals surface area (Å²) in [6.45, 7) is 6.41. The Bertz CT molecular complexity index is 129. The molecule has 9 heavy (non-hydrogen) atoms. The minimum Gasteiger partial charge on any atom is -0.303 e. The summed E-state index contributed by atoms with van der Waals surface area (Å²) in [5.41, 5.74) is 0.0498. The molecule has 1 heteroatoms. The summed E-state index contributed by atoms with van der Waals surface area (Å²) >= 11 is 0. The van der Waals surface area contributed by atoms with Crippen molar-refractivity contribution in [2.24, 2.45) is 17.3 Å². The van der Waals surface area contributed by atoms with Gasteiger partial charge in [0.15, 0.2) is 0 Å². The van der Waals surface area contributed by atoms with Crippen molar-refractivity contribution in [1.82, 2.24) is 0 Å². The summed E-state index contributed by atoms with van der Waals surface area (Å²) in [6.07, 6.45) is 2.21. The van der Waals surface area contributed by atoms with Crippen LogP contribution in [0.4, 0.5) is 0 Å². The molecule has 0 bridgehead atoms. The van der Waals surface area contributed by atoms with Crippen LogP contribution in [0.1, 0.15) is 27.2 Å². The highest BCUT2D eigenvalue weighted by molar-refractivity contribution is 5.63. The fourth-order valence-electron chi connectivity index (χ4n) is 1.55. The predicted molar refractivity (Wildman–Crippen MR) is 37.1 cm³/mol. The number of hydrogen-bond acceptors (Lipinski definition) is 1. The van der Waals surface area contributed by atoms with E-state index in [1.54, 1.807) is 0 Å². The van der Waals surface area contributed by atoms with Crippen molar-refractivity contribution >= 4 is 6.29 Å². The molecule has 0 N–H and O–H groups in total. The summed E-state index contributed by atoms with van der Waals surface area (Å²) in [6, 6.07) is 0. The third-order valence-electron chi connectivity index (χ3n) is 2.42. The van der Waals surface area contributed by atoms with E-state index in [0.29, 0.717) is 11.8 Å². The van der Waals surface area contributed by atoms with Crippen molar-refractivity contribution < 1.29 is 4.79 Å². The Morgan fingerprint density at radius 2 is 2.22 bits per heavy atom. The molecular formula is C8H14O. The molecule has 1 unspecified atom stereocenters. The van der Waals surface area contributed by atoms with Crippen LogP contribution in [0.5, 0.6) is 0 Å². The van der Waals surface area contributed by atoms with Crippen LogP contribution in [0.25, 0.3) is 0 Å². The minimum absolute atomic E-state index is 0.0498. The molecule has 1 fully saturated rings. The first kappa shape index (κ1) is 6.79. The number of rotatable bonds is 2. The maximum absolute atomic E-state index is 10.4. The van der Waals surface area contributed by atoms with Gasteiger partial charge in [-0.2, -0.15) is 0 Å². The summed E-state index contributed by atoms with van der Waals surface area (Å²) in [5, 5.41) is 0. The molecule has 1 saturated carbocycles. The monoisotopic (exact) mass is 126 g/mol. The van der Waals surface area contributed by atoms with E-state index in [-0.39, 0.29) is 5.41 Å². The van der Waals surface area contributed by atoms with Crippen LogP contribution in [0.15, 0.2) is 0 Å². The van der Waals surface area contributed by atoms with Crippen molar-refractivity contribution in [1.29, 1.82) is 0 Å². The molecule has 0 aromatic rings. The molecule has 0 aromatic carbocycles. The Morgan fingerprint density at radius 3 is 2.33 bits per heavy atom. The van der Waals surface area contributed by atoms with Gasteiger partial charge in [-0.25, -0.2) is 0 Å². The van der Waals surface area contributed by atoms with Crippen LogP contribution >= 0.6 is 0 Å². The van der Waals surface area contributed by atoms with Gasteiger partial charge in [0.1, 0.15) is 6.29 Å². The molecule has 2 atom stereocenters. The van der Waals surface area contributed by atoms with E-state index in [9.17, 15) is 4.79 Å². The van der Waals surface area contributed by atoms with Crippen LogP contribution in [-0.4, -0.2) is 6.29 Å². The predicted octanol–water partition coefficient (Wildman–Crippen LogP) is 1.87. The second kappa shape index (κ2) is 1.83. The summed E-state index contributed by atoms with van der Waals surface area (Å²) in [4.78, 5) is 10.4. The molecule has 1 nitrogen and oxygen atoms in total. The highest BCUT2D eigenvalue weighted by Gasteiger charge is 2.51. The van der Waals surface area contributed by atoms with Gasteiger partial charge in [0.2, 0.25) is 0 Å². The topological polar surface area (TPSA) is 17.1 Å². The van der Waals surface area contributed by atoms with Gasteiger partial charge in [0.05, 0.1) is 0 Å². The van der Waals surface area contributed by atoms with E-state index in [1.807, 2.05) is 6.92 Å². The SMILES string of the molecule is CC(C)[C@@H]1CC1(C)C=O. The molecule has 52 valence electrons. The molecule has 1 aliphatic carbocycles. The van der Waals surface area contributed by atoms with Crippen molar-refractivity contribution in [3.8, 4) is 0 Å². The molecule has 0 heterocycles. The van der Waals surface area contributed by atoms with Gasteiger partial charge in [0, 0.05) is 5.41 Å². The first-order chi connectivity index (χ1) is 4.10. The lowest BCUT2D eigenvalue weighted by Crippen LogP contribution is -2.03. The fourth-order valence-corrected chi connectivity index (χ4v) is 1.55. The molecule has 0 amide bonds. The van der Waals surface area contributed by atoms with E-state index >= 15 is 0 Å². The maximum Gasteiger partial charge on any atom is 0.126 e. The fraction of sp³-hybridized carbons (Fsp3) is 0.875. The first-order valence-corrected chi connectivity index (χ1v) is 3.56. The van der Waals surface area contributed by atoms with E-state index in [2.05, 4.69) is 13.8 Å². The summed E-state index contributed by atoms with van der Waals surface area (Å²) in [7, 11) is 0. The Balaban J connectivity index is 2.47. The molecule has 1 rings (SSSR count). The quantitative estimate of drug-likeness (QED) is 0.516. The van der Waals surface area contributed by atoms with Gasteiger partial charge in [-0.05, 0) is 18.3 Å². The standard InChI is InChI=1S/C8H14O/c1-6(2)7-4-8(7,3)5-9/h5-7H,4H2,1-3H3/t7-,8?/m0/s1. The van der Waals surface area contributed by atoms with E-state index in [0.717, 1.165) is 12.7 Å². The number of aldehydes is 1. The zero-order chi connectivity index (χ0) is 7.07. The molecule has 0 aromatic heterocycles. The lowest BCUT2D eigenvalue weighted by atomic mass is 10.0. The normalized spacial score (nSPS) is 41.1. The van der Waals surface area contributed by atoms with E-state index in [4.69, 9.17) is 0 Å². The number of hydrogen-bond donors (Lipinski definition) is 0. The van der Waals surface area contributed by atoms with Gasteiger partial charge in [-0.3, -0.25) is 0 Å². The highest BCUT2D eigenvalue weighted by atomic mass is 16.1. The van der Waals surface area contributed by atoms with Gasteiger partial charge < -0.3 is 4.79 Å². The summed E-state index contributed by atoms with van der Waals surface area (Å²) in [5.74, 6) is 1.34. The van der Waals surface area contributed by atoms with Crippen LogP contribution in [0.3, 0.4) is 0 Å². The third kappa shape index (κ3) is 1.00. The zero-order valence-electron chi connectivity index (χ0n) is 6.35. The van der Waals surface area contributed by atoms with Gasteiger partial charge in [0.25, 0.3) is 0 Å². The zero-order valence-corrected chi connectivity index (χ0v) is 6.35. The van der Waals surface area contributed by atoms with Crippen molar-refractivity contribution in [2.45, 2.75) is 27.2 Å². The molecule has 0 saturated heterocycles. The number of carbonyl (C=O) groups excluding carboxylic acids is 1. The third-order valence-corrected chi connectivity index (χ3v) is 2.42. The lowest BCUT2D eigenvalue weighted by molar-refractivity contribution is -0.112. The van der Waals surface area contributed by atoms with Crippen molar-refractivity contribution in [3.05, 3.63) is 0 Å². The Labute approximate surface area is 56.4 Å². The second-order valence-corrected chi connectivity index (χ2v) is 3.68. The molecular weight excluding hydrogens is 112 g/mol. The highest BCUT2D eigenvalue weighted by Crippen LogP contribution is 2.54. The molecule has 1 aliphatic rings. The molecule has 0 radical (unpaired) electrons. The minimum atomic E-state index is 0.0498. The molecule has 0 spiro atoms. The maximum atomic E-state index is 10.4. The van der Waals surface area contributed by atoms with Crippen LogP contribution in [0, 0.1) is 17.3 Å². The van der Waals surface area contributed by atoms with Crippen LogP contribution in [-0.2, 0) is 4.79 Å². The largest absolute Gasteiger partial charge is 0.303 e. The van der Waals surface area contributed by atoms with Crippen molar-refractivity contribution in [3.63, 3.8) is 0 Å². The molecule has 0 aliphatic heterocycles. The average molecular weight is 126 g/mol. The van der Waals surface area contributed by atoms with Gasteiger partial charge in [-0.15, -0.1) is 0 Å². The lowest BCUT2D eigenvalue weighted by Gasteiger charge is -2.03. The van der Waals surface area contributed by atoms with Crippen molar-refractivity contribution in [2.75, 3.05) is 0 Å². The number of carbonyl (C=O) groups is 1. The summed E-state index contributed by atoms with van der Waals surface area (Å²) < 4.78 is 0. The Morgan fingerprint density at radius 1 is 1.67 bits per heavy atom. The second-order valence-electron chi connectivity index (χ2n) is 3.68.